The second kappa shape index (κ2) is 4.11. The number of likely N-dealkylation sites (N-methyl/N-ethyl adjacent to an activating group) is 1. The van der Waals surface area contributed by atoms with Gasteiger partial charge in [-0.25, -0.2) is 0 Å². The SMILES string of the molecule is C[C@@H]1CN(C)[C@H](c2ccccc2)CN1. The first-order chi connectivity index (χ1) is 6.77. The number of piperazine rings is 1. The molecule has 2 atom stereocenters. The zero-order chi connectivity index (χ0) is 9.97. The van der Waals surface area contributed by atoms with Crippen LogP contribution in [0.15, 0.2) is 30.3 Å². The van der Waals surface area contributed by atoms with E-state index in [1.807, 2.05) is 0 Å². The third-order valence-corrected chi connectivity index (χ3v) is 2.94. The molecule has 1 aliphatic heterocycles. The van der Waals surface area contributed by atoms with Gasteiger partial charge in [0.05, 0.1) is 0 Å². The van der Waals surface area contributed by atoms with Gasteiger partial charge in [-0.1, -0.05) is 30.3 Å². The molecule has 1 heterocycles. The molecule has 0 radical (unpaired) electrons. The van der Waals surface area contributed by atoms with E-state index in [1.54, 1.807) is 0 Å². The Morgan fingerprint density at radius 1 is 1.29 bits per heavy atom. The largest absolute Gasteiger partial charge is 0.311 e. The van der Waals surface area contributed by atoms with Crippen LogP contribution in [0.5, 0.6) is 0 Å². The molecule has 0 bridgehead atoms. The molecule has 2 rings (SSSR count). The molecule has 1 fully saturated rings. The molecule has 1 saturated heterocycles. The van der Waals surface area contributed by atoms with Crippen LogP contribution in [0.2, 0.25) is 0 Å². The quantitative estimate of drug-likeness (QED) is 0.724. The summed E-state index contributed by atoms with van der Waals surface area (Å²) in [6.45, 7) is 4.42. The molecular formula is C12H18N2. The molecule has 0 amide bonds. The molecule has 0 saturated carbocycles. The highest BCUT2D eigenvalue weighted by atomic mass is 15.2. The summed E-state index contributed by atoms with van der Waals surface area (Å²) in [5, 5.41) is 3.52. The van der Waals surface area contributed by atoms with Crippen LogP contribution in [-0.2, 0) is 0 Å². The van der Waals surface area contributed by atoms with Crippen LogP contribution in [0.1, 0.15) is 18.5 Å². The van der Waals surface area contributed by atoms with Crippen molar-refractivity contribution in [2.24, 2.45) is 0 Å². The monoisotopic (exact) mass is 190 g/mol. The minimum Gasteiger partial charge on any atom is -0.311 e. The normalized spacial score (nSPS) is 29.0. The zero-order valence-electron chi connectivity index (χ0n) is 8.90. The van der Waals surface area contributed by atoms with Crippen molar-refractivity contribution in [2.75, 3.05) is 20.1 Å². The van der Waals surface area contributed by atoms with Crippen LogP contribution in [0.4, 0.5) is 0 Å². The average Bonchev–Trinajstić information content (AvgIpc) is 2.19. The van der Waals surface area contributed by atoms with E-state index < -0.39 is 0 Å². The van der Waals surface area contributed by atoms with Crippen molar-refractivity contribution in [3.05, 3.63) is 35.9 Å². The van der Waals surface area contributed by atoms with Gasteiger partial charge in [0, 0.05) is 25.2 Å². The lowest BCUT2D eigenvalue weighted by Crippen LogP contribution is -2.49. The van der Waals surface area contributed by atoms with Crippen LogP contribution in [0.25, 0.3) is 0 Å². The van der Waals surface area contributed by atoms with Gasteiger partial charge in [0.1, 0.15) is 0 Å². The Morgan fingerprint density at radius 3 is 2.64 bits per heavy atom. The van der Waals surface area contributed by atoms with Gasteiger partial charge in [0.2, 0.25) is 0 Å². The maximum Gasteiger partial charge on any atom is 0.0470 e. The lowest BCUT2D eigenvalue weighted by Gasteiger charge is -2.37. The van der Waals surface area contributed by atoms with E-state index in [9.17, 15) is 0 Å². The summed E-state index contributed by atoms with van der Waals surface area (Å²) < 4.78 is 0. The molecule has 14 heavy (non-hydrogen) atoms. The highest BCUT2D eigenvalue weighted by Crippen LogP contribution is 2.21. The first-order valence-electron chi connectivity index (χ1n) is 5.26. The summed E-state index contributed by atoms with van der Waals surface area (Å²) in [6.07, 6.45) is 0. The van der Waals surface area contributed by atoms with Gasteiger partial charge in [0.15, 0.2) is 0 Å². The highest BCUT2D eigenvalue weighted by Gasteiger charge is 2.23. The molecule has 1 aromatic carbocycles. The lowest BCUT2D eigenvalue weighted by molar-refractivity contribution is 0.171. The molecule has 76 valence electrons. The Balaban J connectivity index is 2.12. The number of nitrogens with zero attached hydrogens (tertiary/aromatic N) is 1. The number of nitrogens with one attached hydrogen (secondary N) is 1. The Labute approximate surface area is 85.9 Å². The fraction of sp³-hybridized carbons (Fsp3) is 0.500. The molecule has 0 aliphatic carbocycles. The summed E-state index contributed by atoms with van der Waals surface area (Å²) in [5.74, 6) is 0. The first-order valence-corrected chi connectivity index (χ1v) is 5.26. The smallest absolute Gasteiger partial charge is 0.0470 e. The van der Waals surface area contributed by atoms with E-state index in [1.165, 1.54) is 5.56 Å². The fourth-order valence-electron chi connectivity index (χ4n) is 2.14. The van der Waals surface area contributed by atoms with Gasteiger partial charge in [-0.05, 0) is 19.5 Å². The average molecular weight is 190 g/mol. The Morgan fingerprint density at radius 2 is 2.00 bits per heavy atom. The van der Waals surface area contributed by atoms with Gasteiger partial charge < -0.3 is 5.32 Å². The number of rotatable bonds is 1. The summed E-state index contributed by atoms with van der Waals surface area (Å²) in [7, 11) is 2.20. The molecule has 2 heteroatoms. The maximum absolute atomic E-state index is 3.52. The molecule has 0 aromatic heterocycles. The van der Waals surface area contributed by atoms with Gasteiger partial charge in [-0.2, -0.15) is 0 Å². The number of benzene rings is 1. The lowest BCUT2D eigenvalue weighted by atomic mass is 10.0. The van der Waals surface area contributed by atoms with Crippen LogP contribution >= 0.6 is 0 Å². The van der Waals surface area contributed by atoms with Crippen molar-refractivity contribution in [2.45, 2.75) is 19.0 Å². The van der Waals surface area contributed by atoms with Crippen LogP contribution in [0.3, 0.4) is 0 Å². The molecule has 1 aliphatic rings. The van der Waals surface area contributed by atoms with E-state index in [2.05, 4.69) is 54.5 Å². The Kier molecular flexibility index (Phi) is 2.85. The standard InChI is InChI=1S/C12H18N2/c1-10-9-14(2)12(8-13-10)11-6-4-3-5-7-11/h3-7,10,12-13H,8-9H2,1-2H3/t10-,12+/m1/s1. The van der Waals surface area contributed by atoms with Crippen molar-refractivity contribution in [1.29, 1.82) is 0 Å². The highest BCUT2D eigenvalue weighted by molar-refractivity contribution is 5.20. The van der Waals surface area contributed by atoms with E-state index in [0.29, 0.717) is 12.1 Å². The maximum atomic E-state index is 3.52. The predicted octanol–water partition coefficient (Wildman–Crippen LogP) is 1.65. The van der Waals surface area contributed by atoms with Crippen molar-refractivity contribution in [3.8, 4) is 0 Å². The third kappa shape index (κ3) is 1.97. The minimum atomic E-state index is 0.535. The minimum absolute atomic E-state index is 0.535. The zero-order valence-corrected chi connectivity index (χ0v) is 8.90. The van der Waals surface area contributed by atoms with Gasteiger partial charge in [-0.3, -0.25) is 4.90 Å². The van der Waals surface area contributed by atoms with E-state index in [0.717, 1.165) is 13.1 Å². The van der Waals surface area contributed by atoms with Gasteiger partial charge >= 0.3 is 0 Å². The molecule has 1 aromatic rings. The van der Waals surface area contributed by atoms with E-state index >= 15 is 0 Å². The van der Waals surface area contributed by atoms with Crippen molar-refractivity contribution in [1.82, 2.24) is 10.2 Å². The van der Waals surface area contributed by atoms with Crippen molar-refractivity contribution in [3.63, 3.8) is 0 Å². The van der Waals surface area contributed by atoms with Crippen LogP contribution < -0.4 is 5.32 Å². The Bertz CT molecular complexity index is 284. The van der Waals surface area contributed by atoms with Gasteiger partial charge in [0.25, 0.3) is 0 Å². The van der Waals surface area contributed by atoms with E-state index in [4.69, 9.17) is 0 Å². The topological polar surface area (TPSA) is 15.3 Å². The van der Waals surface area contributed by atoms with E-state index in [-0.39, 0.29) is 0 Å². The number of hydrogen-bond acceptors (Lipinski definition) is 2. The molecular weight excluding hydrogens is 172 g/mol. The summed E-state index contributed by atoms with van der Waals surface area (Å²) in [5.41, 5.74) is 1.41. The van der Waals surface area contributed by atoms with Crippen LogP contribution in [0, 0.1) is 0 Å². The summed E-state index contributed by atoms with van der Waals surface area (Å²) in [4.78, 5) is 2.43. The fourth-order valence-corrected chi connectivity index (χ4v) is 2.14. The second-order valence-corrected chi connectivity index (χ2v) is 4.18. The molecule has 0 unspecified atom stereocenters. The molecule has 0 spiro atoms. The summed E-state index contributed by atoms with van der Waals surface area (Å²) >= 11 is 0. The first kappa shape index (κ1) is 9.69. The third-order valence-electron chi connectivity index (χ3n) is 2.94. The van der Waals surface area contributed by atoms with Crippen LogP contribution in [-0.4, -0.2) is 31.1 Å². The summed E-state index contributed by atoms with van der Waals surface area (Å²) in [6, 6.07) is 11.9. The predicted molar refractivity (Wildman–Crippen MR) is 59.3 cm³/mol. The molecule has 2 nitrogen and oxygen atoms in total. The second-order valence-electron chi connectivity index (χ2n) is 4.18. The number of hydrogen-bond donors (Lipinski definition) is 1. The van der Waals surface area contributed by atoms with Gasteiger partial charge in [-0.15, -0.1) is 0 Å². The van der Waals surface area contributed by atoms with Crippen molar-refractivity contribution < 1.29 is 0 Å². The molecule has 1 N–H and O–H groups in total. The Hall–Kier alpha value is -0.860. The van der Waals surface area contributed by atoms with Crippen molar-refractivity contribution >= 4 is 0 Å².